The summed E-state index contributed by atoms with van der Waals surface area (Å²) in [4.78, 5) is 0. The molecule has 17 heavy (non-hydrogen) atoms. The third-order valence-electron chi connectivity index (χ3n) is 2.46. The Morgan fingerprint density at radius 1 is 1.47 bits per heavy atom. The van der Waals surface area contributed by atoms with Gasteiger partial charge in [-0.15, -0.1) is 0 Å². The molecule has 1 fully saturated rings. The molecule has 2 N–H and O–H groups in total. The fraction of sp³-hybridized carbons (Fsp3) is 0.400. The fourth-order valence-electron chi connectivity index (χ4n) is 1.42. The second-order valence-electron chi connectivity index (χ2n) is 4.11. The zero-order chi connectivity index (χ0) is 12.6. The van der Waals surface area contributed by atoms with Gasteiger partial charge in [0.1, 0.15) is 11.6 Å². The first-order valence-electron chi connectivity index (χ1n) is 5.06. The van der Waals surface area contributed by atoms with E-state index in [0.717, 1.165) is 25.0 Å². The highest BCUT2D eigenvalue weighted by molar-refractivity contribution is 7.92. The molecule has 0 radical (unpaired) electrons. The topological polar surface area (TPSA) is 66.4 Å². The van der Waals surface area contributed by atoms with Gasteiger partial charge in [0.2, 0.25) is 10.0 Å². The molecule has 0 spiro atoms. The van der Waals surface area contributed by atoms with Crippen molar-refractivity contribution in [3.8, 4) is 5.75 Å². The van der Waals surface area contributed by atoms with Crippen LogP contribution in [0, 0.1) is 11.7 Å². The van der Waals surface area contributed by atoms with Crippen molar-refractivity contribution in [3.63, 3.8) is 0 Å². The van der Waals surface area contributed by atoms with Crippen LogP contribution in [0.5, 0.6) is 5.75 Å². The number of aromatic hydroxyl groups is 1. The number of hydrogen-bond donors (Lipinski definition) is 2. The first-order valence-corrected chi connectivity index (χ1v) is 7.09. The average molecular weight is 280 g/mol. The summed E-state index contributed by atoms with van der Waals surface area (Å²) < 4.78 is 38.4. The second kappa shape index (κ2) is 4.34. The van der Waals surface area contributed by atoms with Crippen molar-refractivity contribution in [2.45, 2.75) is 12.8 Å². The molecule has 1 saturated carbocycles. The van der Waals surface area contributed by atoms with Crippen molar-refractivity contribution in [1.29, 1.82) is 0 Å². The normalized spacial score (nSPS) is 15.9. The number of sulfonamides is 1. The van der Waals surface area contributed by atoms with Crippen LogP contribution < -0.4 is 4.72 Å². The quantitative estimate of drug-likeness (QED) is 0.832. The van der Waals surface area contributed by atoms with Gasteiger partial charge in [0.05, 0.1) is 16.5 Å². The maximum atomic E-state index is 12.9. The Hall–Kier alpha value is -1.01. The molecule has 1 aliphatic carbocycles. The molecule has 0 unspecified atom stereocenters. The molecule has 7 heteroatoms. The lowest BCUT2D eigenvalue weighted by Gasteiger charge is -2.09. The molecule has 1 aromatic carbocycles. The molecule has 0 atom stereocenters. The van der Waals surface area contributed by atoms with Gasteiger partial charge < -0.3 is 5.11 Å². The van der Waals surface area contributed by atoms with E-state index in [1.165, 1.54) is 0 Å². The number of benzene rings is 1. The van der Waals surface area contributed by atoms with Crippen LogP contribution in [0.25, 0.3) is 0 Å². The van der Waals surface area contributed by atoms with E-state index in [-0.39, 0.29) is 22.4 Å². The smallest absolute Gasteiger partial charge is 0.233 e. The van der Waals surface area contributed by atoms with Gasteiger partial charge >= 0.3 is 0 Å². The Labute approximate surface area is 103 Å². The number of hydrogen-bond acceptors (Lipinski definition) is 3. The number of anilines is 1. The molecular weight excluding hydrogens is 269 g/mol. The summed E-state index contributed by atoms with van der Waals surface area (Å²) >= 11 is 5.51. The van der Waals surface area contributed by atoms with Gasteiger partial charge in [-0.1, -0.05) is 11.6 Å². The van der Waals surface area contributed by atoms with Crippen molar-refractivity contribution < 1.29 is 17.9 Å². The molecule has 0 bridgehead atoms. The molecule has 2 rings (SSSR count). The lowest BCUT2D eigenvalue weighted by molar-refractivity contribution is 0.471. The summed E-state index contributed by atoms with van der Waals surface area (Å²) in [5, 5.41) is 9.16. The molecule has 0 amide bonds. The van der Waals surface area contributed by atoms with Crippen molar-refractivity contribution in [2.24, 2.45) is 5.92 Å². The first-order chi connectivity index (χ1) is 7.87. The van der Waals surface area contributed by atoms with E-state index in [9.17, 15) is 17.9 Å². The molecular formula is C10H11ClFNO3S. The number of phenols is 1. The summed E-state index contributed by atoms with van der Waals surface area (Å²) in [6.07, 6.45) is 1.80. The van der Waals surface area contributed by atoms with E-state index in [1.807, 2.05) is 0 Å². The van der Waals surface area contributed by atoms with Crippen LogP contribution in [0.4, 0.5) is 10.1 Å². The molecule has 0 saturated heterocycles. The summed E-state index contributed by atoms with van der Waals surface area (Å²) in [5.41, 5.74) is -0.1000. The average Bonchev–Trinajstić information content (AvgIpc) is 2.96. The number of rotatable bonds is 4. The van der Waals surface area contributed by atoms with E-state index in [1.54, 1.807) is 0 Å². The molecule has 0 aromatic heterocycles. The Balaban J connectivity index is 2.20. The minimum absolute atomic E-state index is 0.0153. The SMILES string of the molecule is O=S(=O)(CC1CC1)Nc1cc(Cl)c(F)cc1O. The highest BCUT2D eigenvalue weighted by Crippen LogP contribution is 2.33. The Morgan fingerprint density at radius 3 is 2.71 bits per heavy atom. The van der Waals surface area contributed by atoms with Crippen LogP contribution >= 0.6 is 11.6 Å². The molecule has 1 aromatic rings. The standard InChI is InChI=1S/C10H11ClFNO3S/c11-7-3-9(10(14)4-8(7)12)13-17(15,16)5-6-1-2-6/h3-4,6,13-14H,1-2,5H2. The molecule has 0 heterocycles. The van der Waals surface area contributed by atoms with Crippen LogP contribution in [0.3, 0.4) is 0 Å². The number of nitrogens with one attached hydrogen (secondary N) is 1. The van der Waals surface area contributed by atoms with E-state index in [0.29, 0.717) is 0 Å². The van der Waals surface area contributed by atoms with Gasteiger partial charge in [0.25, 0.3) is 0 Å². The van der Waals surface area contributed by atoms with Crippen molar-refractivity contribution in [1.82, 2.24) is 0 Å². The first kappa shape index (κ1) is 12.4. The Kier molecular flexibility index (Phi) is 3.18. The number of phenolic OH excluding ortho intramolecular Hbond substituents is 1. The maximum absolute atomic E-state index is 12.9. The van der Waals surface area contributed by atoms with Crippen LogP contribution in [-0.2, 0) is 10.0 Å². The highest BCUT2D eigenvalue weighted by Gasteiger charge is 2.28. The highest BCUT2D eigenvalue weighted by atomic mass is 35.5. The number of halogens is 2. The van der Waals surface area contributed by atoms with E-state index < -0.39 is 21.6 Å². The van der Waals surface area contributed by atoms with Crippen LogP contribution in [0.15, 0.2) is 12.1 Å². The van der Waals surface area contributed by atoms with Crippen molar-refractivity contribution >= 4 is 27.3 Å². The summed E-state index contributed by atoms with van der Waals surface area (Å²) in [6, 6.07) is 1.83. The third-order valence-corrected chi connectivity index (χ3v) is 4.19. The predicted octanol–water partition coefficient (Wildman–Crippen LogP) is 2.34. The van der Waals surface area contributed by atoms with Crippen LogP contribution in [0.1, 0.15) is 12.8 Å². The summed E-state index contributed by atoms with van der Waals surface area (Å²) in [6.45, 7) is 0. The summed E-state index contributed by atoms with van der Waals surface area (Å²) in [5.74, 6) is -1.08. The Morgan fingerprint density at radius 2 is 2.12 bits per heavy atom. The van der Waals surface area contributed by atoms with Crippen molar-refractivity contribution in [3.05, 3.63) is 23.0 Å². The van der Waals surface area contributed by atoms with Gasteiger partial charge in [0.15, 0.2) is 0 Å². The molecule has 4 nitrogen and oxygen atoms in total. The van der Waals surface area contributed by atoms with Gasteiger partial charge in [-0.2, -0.15) is 0 Å². The lowest BCUT2D eigenvalue weighted by Crippen LogP contribution is -2.18. The second-order valence-corrected chi connectivity index (χ2v) is 6.28. The summed E-state index contributed by atoms with van der Waals surface area (Å²) in [7, 11) is -3.51. The lowest BCUT2D eigenvalue weighted by atomic mass is 10.3. The molecule has 0 aliphatic heterocycles. The van der Waals surface area contributed by atoms with Gasteiger partial charge in [-0.25, -0.2) is 12.8 Å². The van der Waals surface area contributed by atoms with E-state index in [2.05, 4.69) is 4.72 Å². The fourth-order valence-corrected chi connectivity index (χ4v) is 3.12. The zero-order valence-electron chi connectivity index (χ0n) is 8.78. The molecule has 94 valence electrons. The van der Waals surface area contributed by atoms with Gasteiger partial charge in [-0.05, 0) is 24.8 Å². The largest absolute Gasteiger partial charge is 0.506 e. The minimum atomic E-state index is -3.51. The van der Waals surface area contributed by atoms with Gasteiger partial charge in [-0.3, -0.25) is 4.72 Å². The third kappa shape index (κ3) is 3.23. The van der Waals surface area contributed by atoms with E-state index >= 15 is 0 Å². The zero-order valence-corrected chi connectivity index (χ0v) is 10.4. The van der Waals surface area contributed by atoms with Crippen molar-refractivity contribution in [2.75, 3.05) is 10.5 Å². The monoisotopic (exact) mass is 279 g/mol. The van der Waals surface area contributed by atoms with Crippen LogP contribution in [0.2, 0.25) is 5.02 Å². The van der Waals surface area contributed by atoms with Crippen LogP contribution in [-0.4, -0.2) is 19.3 Å². The Bertz CT molecular complexity index is 543. The maximum Gasteiger partial charge on any atom is 0.233 e. The molecule has 1 aliphatic rings. The van der Waals surface area contributed by atoms with E-state index in [4.69, 9.17) is 11.6 Å². The minimum Gasteiger partial charge on any atom is -0.506 e. The predicted molar refractivity (Wildman–Crippen MR) is 63.2 cm³/mol. The van der Waals surface area contributed by atoms with Gasteiger partial charge in [0, 0.05) is 6.07 Å².